The Labute approximate surface area is 774 Å². The number of benzene rings is 18. The van der Waals surface area contributed by atoms with Crippen LogP contribution < -0.4 is 84.5 Å². The van der Waals surface area contributed by atoms with Gasteiger partial charge in [0.15, 0.2) is 16.1 Å². The van der Waals surface area contributed by atoms with E-state index in [0.717, 1.165) is 5.02 Å². The highest BCUT2D eigenvalue weighted by Crippen LogP contribution is 2.65. The smallest absolute Gasteiger partial charge is 0.241 e. The van der Waals surface area contributed by atoms with Gasteiger partial charge in [-0.25, -0.2) is 0 Å². The van der Waals surface area contributed by atoms with Gasteiger partial charge in [-0.15, -0.1) is 24.0 Å². The highest BCUT2D eigenvalue weighted by atomic mass is 127. The average Bonchev–Trinajstić information content (AvgIpc) is 1.59. The minimum absolute atomic E-state index is 0. The van der Waals surface area contributed by atoms with E-state index in [0.29, 0.717) is 0 Å². The van der Waals surface area contributed by atoms with Crippen LogP contribution in [0.15, 0.2) is 413 Å². The molecule has 24 rings (SSSR count). The Kier molecular flexibility index (Phi) is 21.1. The zero-order chi connectivity index (χ0) is 84.6. The molecular formula is C119H98B2ClIN2Si2. The summed E-state index contributed by atoms with van der Waals surface area (Å²) in [4.78, 5) is 2.56. The molecule has 0 saturated heterocycles. The van der Waals surface area contributed by atoms with Gasteiger partial charge in [0.25, 0.3) is 0 Å². The highest BCUT2D eigenvalue weighted by molar-refractivity contribution is 14.0. The first-order valence-corrected chi connectivity index (χ1v) is 48.5. The van der Waals surface area contributed by atoms with Gasteiger partial charge in [-0.3, -0.25) is 0 Å². The predicted octanol–water partition coefficient (Wildman–Crippen LogP) is 20.4. The number of fused-ring (bicyclic) bond motifs is 22. The van der Waals surface area contributed by atoms with Crippen molar-refractivity contribution >= 4 is 168 Å². The zero-order valence-electron chi connectivity index (χ0n) is 72.1. The van der Waals surface area contributed by atoms with Crippen molar-refractivity contribution in [3.63, 3.8) is 0 Å². The van der Waals surface area contributed by atoms with Crippen LogP contribution in [0, 0.1) is 55.4 Å². The minimum atomic E-state index is -2.69. The van der Waals surface area contributed by atoms with Crippen molar-refractivity contribution in [3.05, 3.63) is 507 Å². The SMILES string of the molecule is C.Cc1cc(Cl)cc(C)c1B1c2ccccc2[Si](c2ccccc2)(c2ccccc2)c2ccccc21.Cc1ccc2c(c1)C1(c3cc(C)ccc3N2)c2ccccc2-c2ccccc21.Cc1ccc2c(c1)C1(c3ccccc3-c3ccccc31)c1cc(C)ccc1N2c1cc(C)c(B2c3ccccc3[Si](c3ccccc3)(c3ccccc3)c3ccccc32)c(C)c1.I. The van der Waals surface area contributed by atoms with Crippen molar-refractivity contribution in [2.24, 2.45) is 0 Å². The maximum atomic E-state index is 6.47. The van der Waals surface area contributed by atoms with Crippen LogP contribution in [0.25, 0.3) is 22.3 Å². The summed E-state index contributed by atoms with van der Waals surface area (Å²) in [5.41, 5.74) is 40.2. The lowest BCUT2D eigenvalue weighted by molar-refractivity contribution is 0.750. The molecule has 0 aromatic heterocycles. The van der Waals surface area contributed by atoms with Crippen molar-refractivity contribution in [3.8, 4) is 22.3 Å². The number of anilines is 5. The average molecular weight is 1800 g/mol. The molecule has 18 aromatic rings. The summed E-state index contributed by atoms with van der Waals surface area (Å²) in [6, 6.07) is 155. The summed E-state index contributed by atoms with van der Waals surface area (Å²) in [7, 11) is -5.21. The first-order valence-electron chi connectivity index (χ1n) is 44.1. The van der Waals surface area contributed by atoms with E-state index in [1.807, 2.05) is 0 Å². The van der Waals surface area contributed by atoms with Gasteiger partial charge in [-0.2, -0.15) is 0 Å². The molecule has 0 amide bonds. The van der Waals surface area contributed by atoms with Gasteiger partial charge < -0.3 is 10.2 Å². The molecule has 2 spiro atoms. The number of rotatable bonds is 7. The van der Waals surface area contributed by atoms with Crippen molar-refractivity contribution in [2.75, 3.05) is 10.2 Å². The van der Waals surface area contributed by atoms with Gasteiger partial charge in [0, 0.05) is 22.1 Å². The van der Waals surface area contributed by atoms with Crippen LogP contribution in [0.2, 0.25) is 5.02 Å². The summed E-state index contributed by atoms with van der Waals surface area (Å²) in [5.74, 6) is 0. The van der Waals surface area contributed by atoms with E-state index >= 15 is 0 Å². The Morgan fingerprint density at radius 2 is 0.512 bits per heavy atom. The first-order chi connectivity index (χ1) is 61.2. The molecule has 127 heavy (non-hydrogen) atoms. The van der Waals surface area contributed by atoms with E-state index in [-0.39, 0.29) is 50.2 Å². The van der Waals surface area contributed by atoms with E-state index in [4.69, 9.17) is 11.6 Å². The van der Waals surface area contributed by atoms with Crippen LogP contribution >= 0.6 is 35.6 Å². The lowest BCUT2D eigenvalue weighted by Gasteiger charge is -2.46. The molecule has 8 heteroatoms. The van der Waals surface area contributed by atoms with E-state index in [9.17, 15) is 0 Å². The van der Waals surface area contributed by atoms with Crippen LogP contribution in [0.3, 0.4) is 0 Å². The van der Waals surface area contributed by atoms with Gasteiger partial charge in [0.05, 0.1) is 22.2 Å². The fourth-order valence-corrected chi connectivity index (χ4v) is 34.6. The molecular weight excluding hydrogens is 1700 g/mol. The molecule has 0 saturated carbocycles. The minimum Gasteiger partial charge on any atom is -0.355 e. The maximum absolute atomic E-state index is 6.47. The number of aryl methyl sites for hydroxylation is 8. The molecule has 0 fully saturated rings. The Morgan fingerprint density at radius 3 is 0.827 bits per heavy atom. The number of hydrogen-bond donors (Lipinski definition) is 1. The monoisotopic (exact) mass is 1790 g/mol. The Hall–Kier alpha value is -12.9. The molecule has 0 atom stereocenters. The van der Waals surface area contributed by atoms with E-state index < -0.39 is 21.6 Å². The second-order valence-corrected chi connectivity index (χ2v) is 43.3. The van der Waals surface area contributed by atoms with Gasteiger partial charge in [0.2, 0.25) is 13.4 Å². The highest BCUT2D eigenvalue weighted by Gasteiger charge is 2.56. The van der Waals surface area contributed by atoms with Crippen LogP contribution in [0.5, 0.6) is 0 Å². The molecule has 4 aliphatic heterocycles. The summed E-state index contributed by atoms with van der Waals surface area (Å²) in [6.45, 7) is 18.2. The molecule has 18 aromatic carbocycles. The summed E-state index contributed by atoms with van der Waals surface area (Å²) in [5, 5.41) is 16.1. The number of nitrogens with zero attached hydrogens (tertiary/aromatic N) is 1. The largest absolute Gasteiger partial charge is 0.355 e. The van der Waals surface area contributed by atoms with Crippen molar-refractivity contribution in [2.45, 2.75) is 73.6 Å². The number of hydrogen-bond acceptors (Lipinski definition) is 2. The van der Waals surface area contributed by atoms with Gasteiger partial charge in [0.1, 0.15) is 0 Å². The third kappa shape index (κ3) is 12.4. The van der Waals surface area contributed by atoms with Gasteiger partial charge in [-0.05, 0) is 212 Å². The fourth-order valence-electron chi connectivity index (χ4n) is 23.8. The van der Waals surface area contributed by atoms with Crippen LogP contribution in [0.4, 0.5) is 28.4 Å². The van der Waals surface area contributed by atoms with Gasteiger partial charge in [-0.1, -0.05) is 460 Å². The van der Waals surface area contributed by atoms with Crippen molar-refractivity contribution in [1.82, 2.24) is 0 Å². The molecule has 0 bridgehead atoms. The number of nitrogens with one attached hydrogen (secondary N) is 1. The Morgan fingerprint density at radius 1 is 0.260 bits per heavy atom. The second kappa shape index (κ2) is 32.5. The third-order valence-corrected chi connectivity index (χ3v) is 38.5. The number of halogens is 2. The lowest BCUT2D eigenvalue weighted by Crippen LogP contribution is -2.86. The second-order valence-electron chi connectivity index (χ2n) is 35.4. The summed E-state index contributed by atoms with van der Waals surface area (Å²) >= 11 is 6.47. The van der Waals surface area contributed by atoms with Gasteiger partial charge >= 0.3 is 0 Å². The van der Waals surface area contributed by atoms with Crippen LogP contribution in [-0.4, -0.2) is 29.6 Å². The first kappa shape index (κ1) is 82.4. The Bertz CT molecular complexity index is 6950. The quantitative estimate of drug-likeness (QED) is 0.126. The lowest BCUT2D eigenvalue weighted by atomic mass is 9.35. The molecule has 1 N–H and O–H groups in total. The molecule has 0 radical (unpaired) electrons. The van der Waals surface area contributed by atoms with Crippen LogP contribution in [-0.2, 0) is 10.8 Å². The standard InChI is InChI=1S/C59H46BNSi.C32H26BClSi.C27H21N.CH4.HI/c1-39-31-33-54-50(35-39)59(48-25-13-11-23-46(48)47-24-12-14-26-49(47)59)51-36-40(2)32-34-55(51)61(54)43-37-41(3)58(42(4)38-43)60-52-27-15-17-29-56(52)62(44-19-7-5-8-20-44,45-21-9-6-10-22-45)57-30-18-16-28-53(57)60;1-23-21-25(34)22-24(2)32(23)33-28-17-9-11-19-30(28)35(26-13-5-3-6-14-26,27-15-7-4-8-16-27)31-20-12-10-18-29(31)33;1-17-11-13-25-23(15-17)27(24-16-18(2)12-14-26(24)28-25)21-9-5-3-7-19(21)20-8-4-6-10-22(20)27;;/h5-38H,1-4H3;3-22H,1-2H3;3-16,28H,1-2H3;1H4;1H. The van der Waals surface area contributed by atoms with Crippen molar-refractivity contribution < 1.29 is 0 Å². The molecule has 6 aliphatic rings. The molecule has 612 valence electrons. The Balaban J connectivity index is 0.000000131. The normalized spacial score (nSPS) is 14.2. The van der Waals surface area contributed by atoms with Crippen molar-refractivity contribution in [1.29, 1.82) is 0 Å². The summed E-state index contributed by atoms with van der Waals surface area (Å²) in [6.07, 6.45) is 0. The predicted molar refractivity (Wildman–Crippen MR) is 560 cm³/mol. The molecule has 2 nitrogen and oxygen atoms in total. The van der Waals surface area contributed by atoms with E-state index in [2.05, 4.69) is 478 Å². The van der Waals surface area contributed by atoms with E-state index in [1.165, 1.54) is 214 Å². The molecule has 0 unspecified atom stereocenters. The van der Waals surface area contributed by atoms with Crippen LogP contribution in [0.1, 0.15) is 96.4 Å². The maximum Gasteiger partial charge on any atom is 0.241 e. The molecule has 2 aliphatic carbocycles. The summed E-state index contributed by atoms with van der Waals surface area (Å²) < 4.78 is 0. The zero-order valence-corrected chi connectivity index (χ0v) is 77.2. The topological polar surface area (TPSA) is 15.3 Å². The third-order valence-electron chi connectivity index (χ3n) is 28.4. The fraction of sp³-hybridized carbons (Fsp3) is 0.0924. The molecule has 4 heterocycles. The van der Waals surface area contributed by atoms with E-state index in [1.54, 1.807) is 0 Å².